The first-order valence-corrected chi connectivity index (χ1v) is 13.6. The summed E-state index contributed by atoms with van der Waals surface area (Å²) in [5.74, 6) is 1.66. The summed E-state index contributed by atoms with van der Waals surface area (Å²) in [6, 6.07) is 19.5. The van der Waals surface area contributed by atoms with Crippen LogP contribution in [-0.2, 0) is 0 Å². The van der Waals surface area contributed by atoms with Crippen LogP contribution in [0.2, 0.25) is 0 Å². The summed E-state index contributed by atoms with van der Waals surface area (Å²) in [6.45, 7) is 0. The van der Waals surface area contributed by atoms with Crippen LogP contribution < -0.4 is 30.5 Å². The standard InChI is InChI=1S/C30H27N9O9/c1-46-22-10-4-19(5-11-22)16-31-34-25-28(37(40)41)26(35-32-17-20-6-12-23(47-2)13-7-20)30(39(44)45)27(29(25)38(42)43)36-33-18-21-8-14-24(48-3)15-9-21/h4-18,34-36H,1-3H3/b31-16+,32-17+,33-18+. The van der Waals surface area contributed by atoms with Crippen molar-refractivity contribution in [2.45, 2.75) is 0 Å². The molecule has 0 amide bonds. The van der Waals surface area contributed by atoms with Gasteiger partial charge in [0.15, 0.2) is 0 Å². The van der Waals surface area contributed by atoms with Gasteiger partial charge in [0, 0.05) is 0 Å². The number of rotatable bonds is 15. The molecule has 0 aromatic heterocycles. The van der Waals surface area contributed by atoms with E-state index in [1.54, 1.807) is 72.8 Å². The van der Waals surface area contributed by atoms with Crippen molar-refractivity contribution in [3.8, 4) is 17.2 Å². The average molecular weight is 658 g/mol. The van der Waals surface area contributed by atoms with Gasteiger partial charge in [0.05, 0.1) is 54.7 Å². The maximum absolute atomic E-state index is 12.5. The molecule has 0 aliphatic rings. The Morgan fingerprint density at radius 1 is 0.479 bits per heavy atom. The molecule has 0 heterocycles. The molecule has 48 heavy (non-hydrogen) atoms. The van der Waals surface area contributed by atoms with Gasteiger partial charge in [0.25, 0.3) is 0 Å². The molecule has 0 saturated heterocycles. The van der Waals surface area contributed by atoms with Crippen LogP contribution in [0.25, 0.3) is 0 Å². The molecule has 0 aliphatic carbocycles. The number of nitro benzene ring substituents is 3. The van der Waals surface area contributed by atoms with E-state index in [9.17, 15) is 30.3 Å². The van der Waals surface area contributed by atoms with E-state index in [1.165, 1.54) is 40.0 Å². The summed E-state index contributed by atoms with van der Waals surface area (Å²) in [5.41, 5.74) is 2.91. The van der Waals surface area contributed by atoms with Gasteiger partial charge in [0.2, 0.25) is 17.1 Å². The van der Waals surface area contributed by atoms with Crippen molar-refractivity contribution in [3.05, 3.63) is 120 Å². The highest BCUT2D eigenvalue weighted by molar-refractivity contribution is 6.01. The van der Waals surface area contributed by atoms with E-state index >= 15 is 0 Å². The van der Waals surface area contributed by atoms with Crippen LogP contribution in [0.4, 0.5) is 34.1 Å². The first-order chi connectivity index (χ1) is 23.2. The van der Waals surface area contributed by atoms with Crippen LogP contribution in [0.15, 0.2) is 88.1 Å². The van der Waals surface area contributed by atoms with E-state index in [2.05, 4.69) is 31.6 Å². The highest BCUT2D eigenvalue weighted by Crippen LogP contribution is 2.53. The highest BCUT2D eigenvalue weighted by atomic mass is 16.6. The predicted octanol–water partition coefficient (Wildman–Crippen LogP) is 5.78. The zero-order valence-corrected chi connectivity index (χ0v) is 25.5. The van der Waals surface area contributed by atoms with Crippen LogP contribution in [0.3, 0.4) is 0 Å². The Kier molecular flexibility index (Phi) is 11.1. The van der Waals surface area contributed by atoms with Gasteiger partial charge in [-0.1, -0.05) is 0 Å². The first-order valence-electron chi connectivity index (χ1n) is 13.6. The van der Waals surface area contributed by atoms with Crippen LogP contribution in [-0.4, -0.2) is 54.7 Å². The second kappa shape index (κ2) is 15.8. The lowest BCUT2D eigenvalue weighted by atomic mass is 10.1. The number of anilines is 3. The number of hydrogen-bond acceptors (Lipinski definition) is 15. The van der Waals surface area contributed by atoms with Gasteiger partial charge in [-0.2, -0.15) is 15.3 Å². The molecule has 0 atom stereocenters. The first kappa shape index (κ1) is 33.8. The maximum Gasteiger partial charge on any atom is 0.333 e. The average Bonchev–Trinajstić information content (AvgIpc) is 3.08. The van der Waals surface area contributed by atoms with E-state index in [1.807, 2.05) is 0 Å². The molecular weight excluding hydrogens is 630 g/mol. The fraction of sp³-hybridized carbons (Fsp3) is 0.100. The Labute approximate surface area is 271 Å². The molecular formula is C30H27N9O9. The molecule has 0 unspecified atom stereocenters. The number of hydrazone groups is 3. The molecule has 18 heteroatoms. The maximum atomic E-state index is 12.5. The molecule has 4 aromatic rings. The molecule has 0 bridgehead atoms. The lowest BCUT2D eigenvalue weighted by Gasteiger charge is -2.13. The SMILES string of the molecule is COc1ccc(/C=N/Nc2c([N+](=O)[O-])c(N/N=C/c3ccc(OC)cc3)c([N+](=O)[O-])c(N/N=C/c3ccc(OC)cc3)c2[N+](=O)[O-])cc1. The Hall–Kier alpha value is -7.11. The Balaban J connectivity index is 1.87. The van der Waals surface area contributed by atoms with Gasteiger partial charge >= 0.3 is 17.1 Å². The Bertz CT molecular complexity index is 1640. The zero-order valence-electron chi connectivity index (χ0n) is 25.5. The molecule has 0 radical (unpaired) electrons. The molecule has 4 rings (SSSR count). The van der Waals surface area contributed by atoms with Gasteiger partial charge in [-0.05, 0) is 89.5 Å². The molecule has 0 aliphatic heterocycles. The lowest BCUT2D eigenvalue weighted by molar-refractivity contribution is -0.399. The third-order valence-electron chi connectivity index (χ3n) is 6.49. The van der Waals surface area contributed by atoms with Crippen molar-refractivity contribution < 1.29 is 29.0 Å². The van der Waals surface area contributed by atoms with Crippen LogP contribution in [0.5, 0.6) is 17.2 Å². The molecule has 246 valence electrons. The molecule has 0 saturated carbocycles. The summed E-state index contributed by atoms with van der Waals surface area (Å²) >= 11 is 0. The summed E-state index contributed by atoms with van der Waals surface area (Å²) in [6.07, 6.45) is 3.70. The minimum Gasteiger partial charge on any atom is -0.497 e. The van der Waals surface area contributed by atoms with Gasteiger partial charge in [0.1, 0.15) is 17.2 Å². The van der Waals surface area contributed by atoms with Crippen molar-refractivity contribution in [2.24, 2.45) is 15.3 Å². The molecule has 18 nitrogen and oxygen atoms in total. The Morgan fingerprint density at radius 3 is 0.896 bits per heavy atom. The monoisotopic (exact) mass is 657 g/mol. The third kappa shape index (κ3) is 8.13. The van der Waals surface area contributed by atoms with Crippen LogP contribution >= 0.6 is 0 Å². The number of methoxy groups -OCH3 is 3. The minimum absolute atomic E-state index is 0.500. The van der Waals surface area contributed by atoms with Crippen molar-refractivity contribution >= 4 is 52.8 Å². The third-order valence-corrected chi connectivity index (χ3v) is 6.49. The second-order valence-electron chi connectivity index (χ2n) is 9.37. The summed E-state index contributed by atoms with van der Waals surface area (Å²) in [7, 11) is 4.45. The smallest absolute Gasteiger partial charge is 0.333 e. The van der Waals surface area contributed by atoms with Gasteiger partial charge in [-0.3, -0.25) is 46.6 Å². The van der Waals surface area contributed by atoms with Crippen molar-refractivity contribution in [2.75, 3.05) is 37.6 Å². The predicted molar refractivity (Wildman–Crippen MR) is 179 cm³/mol. The topological polar surface area (TPSA) is 230 Å². The number of nitrogens with one attached hydrogen (secondary N) is 3. The molecule has 3 N–H and O–H groups in total. The Morgan fingerprint density at radius 2 is 0.708 bits per heavy atom. The summed E-state index contributed by atoms with van der Waals surface area (Å²) < 4.78 is 15.3. The second-order valence-corrected chi connectivity index (χ2v) is 9.37. The van der Waals surface area contributed by atoms with E-state index in [0.29, 0.717) is 33.9 Å². The molecule has 0 spiro atoms. The number of nitro groups is 3. The van der Waals surface area contributed by atoms with E-state index in [0.717, 1.165) is 0 Å². The van der Waals surface area contributed by atoms with Crippen molar-refractivity contribution in [1.82, 2.24) is 0 Å². The van der Waals surface area contributed by atoms with E-state index in [-0.39, 0.29) is 0 Å². The number of benzene rings is 4. The fourth-order valence-electron chi connectivity index (χ4n) is 4.16. The number of ether oxygens (including phenoxy) is 3. The quantitative estimate of drug-likeness (QED) is 0.0785. The normalized spacial score (nSPS) is 11.1. The van der Waals surface area contributed by atoms with Crippen LogP contribution in [0, 0.1) is 30.3 Å². The van der Waals surface area contributed by atoms with E-state index in [4.69, 9.17) is 14.2 Å². The number of hydrogen-bond donors (Lipinski definition) is 3. The lowest BCUT2D eigenvalue weighted by Crippen LogP contribution is -2.11. The zero-order chi connectivity index (χ0) is 34.6. The summed E-state index contributed by atoms with van der Waals surface area (Å²) in [5, 5.41) is 49.2. The van der Waals surface area contributed by atoms with Crippen molar-refractivity contribution in [3.63, 3.8) is 0 Å². The largest absolute Gasteiger partial charge is 0.497 e. The van der Waals surface area contributed by atoms with E-state index < -0.39 is 48.9 Å². The van der Waals surface area contributed by atoms with Gasteiger partial charge in [-0.15, -0.1) is 0 Å². The highest BCUT2D eigenvalue weighted by Gasteiger charge is 2.43. The van der Waals surface area contributed by atoms with Crippen molar-refractivity contribution in [1.29, 1.82) is 0 Å². The summed E-state index contributed by atoms with van der Waals surface area (Å²) in [4.78, 5) is 34.3. The minimum atomic E-state index is -1.07. The van der Waals surface area contributed by atoms with Crippen LogP contribution in [0.1, 0.15) is 16.7 Å². The van der Waals surface area contributed by atoms with Gasteiger partial charge < -0.3 is 14.2 Å². The number of nitrogens with zero attached hydrogens (tertiary/aromatic N) is 6. The fourth-order valence-corrected chi connectivity index (χ4v) is 4.16. The van der Waals surface area contributed by atoms with Gasteiger partial charge in [-0.25, -0.2) is 0 Å². The molecule has 0 fully saturated rings. The molecule has 4 aromatic carbocycles.